The van der Waals surface area contributed by atoms with Gasteiger partial charge in [0.2, 0.25) is 0 Å². The minimum absolute atomic E-state index is 0.0992. The van der Waals surface area contributed by atoms with Crippen molar-refractivity contribution in [3.05, 3.63) is 125 Å². The molecule has 0 amide bonds. The molecule has 44 heavy (non-hydrogen) atoms. The minimum Gasteiger partial charge on any atom is -0.491 e. The largest absolute Gasteiger partial charge is 0.491 e. The Bertz CT molecular complexity index is 1710. The summed E-state index contributed by atoms with van der Waals surface area (Å²) in [6, 6.07) is 22.0. The van der Waals surface area contributed by atoms with E-state index in [1.54, 1.807) is 18.2 Å². The van der Waals surface area contributed by atoms with Crippen LogP contribution in [0.25, 0.3) is 22.3 Å². The van der Waals surface area contributed by atoms with Crippen molar-refractivity contribution in [1.82, 2.24) is 5.32 Å². The van der Waals surface area contributed by atoms with Crippen LogP contribution < -0.4 is 25.0 Å². The summed E-state index contributed by atoms with van der Waals surface area (Å²) in [6.45, 7) is 7.40. The maximum Gasteiger partial charge on any atom is 0.193 e. The van der Waals surface area contributed by atoms with E-state index in [2.05, 4.69) is 17.5 Å². The Morgan fingerprint density at radius 2 is 1.64 bits per heavy atom. The molecule has 0 bridgehead atoms. The molecule has 3 aromatic carbocycles. The fraction of sp³-hybridized carbons (Fsp3) is 0.270. The number of aliphatic hydroxyl groups excluding tert-OH is 1. The standard InChI is InChI=1S/C37H39NO6/c1-37(2,3)38-22-29(39)25-43-30-15-16-33-34(40)21-35(44-36(33)20-30)28-17-31(41-23-26-11-7-4-5-8-12-26)19-32(18-28)42-24-27-13-9-6-10-14-27/h4-11,13-21,29,38-39H,12,22-25H2,1-3H3. The SMILES string of the molecule is CC(C)(C)NCC(O)COc1ccc2c(=O)cc(-c3cc(OCC4=CC=CC=CC4)cc(OCc4ccccc4)c3)oc2c1. The Morgan fingerprint density at radius 3 is 2.41 bits per heavy atom. The van der Waals surface area contributed by atoms with E-state index in [1.807, 2.05) is 87.5 Å². The van der Waals surface area contributed by atoms with E-state index in [-0.39, 0.29) is 17.6 Å². The molecule has 0 aliphatic heterocycles. The number of hydrogen-bond acceptors (Lipinski definition) is 7. The topological polar surface area (TPSA) is 90.2 Å². The zero-order valence-corrected chi connectivity index (χ0v) is 25.4. The van der Waals surface area contributed by atoms with E-state index >= 15 is 0 Å². The molecule has 4 aromatic rings. The zero-order chi connectivity index (χ0) is 30.9. The number of fused-ring (bicyclic) bond motifs is 1. The van der Waals surface area contributed by atoms with Crippen LogP contribution >= 0.6 is 0 Å². The molecule has 0 radical (unpaired) electrons. The Hall–Kier alpha value is -4.59. The summed E-state index contributed by atoms with van der Waals surface area (Å²) in [5.74, 6) is 2.06. The van der Waals surface area contributed by atoms with Crippen molar-refractivity contribution in [2.45, 2.75) is 45.4 Å². The van der Waals surface area contributed by atoms with Crippen LogP contribution in [-0.4, -0.2) is 36.5 Å². The van der Waals surface area contributed by atoms with E-state index < -0.39 is 6.10 Å². The molecule has 1 unspecified atom stereocenters. The summed E-state index contributed by atoms with van der Waals surface area (Å²) in [6.07, 6.45) is 10.3. The molecule has 5 rings (SSSR count). The molecule has 0 spiro atoms. The monoisotopic (exact) mass is 593 g/mol. The lowest BCUT2D eigenvalue weighted by Gasteiger charge is -2.23. The molecule has 7 heteroatoms. The minimum atomic E-state index is -0.693. The predicted octanol–water partition coefficient (Wildman–Crippen LogP) is 6.99. The molecule has 7 nitrogen and oxygen atoms in total. The highest BCUT2D eigenvalue weighted by molar-refractivity contribution is 5.80. The van der Waals surface area contributed by atoms with Gasteiger partial charge < -0.3 is 29.1 Å². The highest BCUT2D eigenvalue weighted by Gasteiger charge is 2.15. The van der Waals surface area contributed by atoms with Gasteiger partial charge >= 0.3 is 0 Å². The average Bonchev–Trinajstić information content (AvgIpc) is 3.30. The van der Waals surface area contributed by atoms with E-state index in [9.17, 15) is 9.90 Å². The van der Waals surface area contributed by atoms with Gasteiger partial charge in [-0.3, -0.25) is 4.79 Å². The normalized spacial score (nSPS) is 13.8. The summed E-state index contributed by atoms with van der Waals surface area (Å²) in [5, 5.41) is 14.0. The molecule has 1 aliphatic carbocycles. The predicted molar refractivity (Wildman–Crippen MR) is 174 cm³/mol. The lowest BCUT2D eigenvalue weighted by Crippen LogP contribution is -2.42. The molecule has 2 N–H and O–H groups in total. The van der Waals surface area contributed by atoms with Gasteiger partial charge in [0, 0.05) is 35.8 Å². The van der Waals surface area contributed by atoms with Gasteiger partial charge in [0.1, 0.15) is 54.5 Å². The fourth-order valence-electron chi connectivity index (χ4n) is 4.57. The van der Waals surface area contributed by atoms with Crippen LogP contribution in [0.1, 0.15) is 32.8 Å². The van der Waals surface area contributed by atoms with Crippen LogP contribution in [0.2, 0.25) is 0 Å². The summed E-state index contributed by atoms with van der Waals surface area (Å²) >= 11 is 0. The van der Waals surface area contributed by atoms with Crippen LogP contribution in [0.5, 0.6) is 17.2 Å². The van der Waals surface area contributed by atoms with Crippen LogP contribution in [0.4, 0.5) is 0 Å². The molecule has 1 heterocycles. The van der Waals surface area contributed by atoms with Crippen molar-refractivity contribution < 1.29 is 23.7 Å². The van der Waals surface area contributed by atoms with Crippen LogP contribution in [0, 0.1) is 0 Å². The van der Waals surface area contributed by atoms with Crippen LogP contribution in [-0.2, 0) is 6.61 Å². The molecule has 1 aliphatic rings. The molecule has 0 saturated heterocycles. The first kappa shape index (κ1) is 30.9. The zero-order valence-electron chi connectivity index (χ0n) is 25.4. The van der Waals surface area contributed by atoms with Gasteiger partial charge in [-0.05, 0) is 62.6 Å². The van der Waals surface area contributed by atoms with Crippen molar-refractivity contribution in [3.8, 4) is 28.6 Å². The van der Waals surface area contributed by atoms with Crippen LogP contribution in [0.3, 0.4) is 0 Å². The molecular formula is C37H39NO6. The summed E-state index contributed by atoms with van der Waals surface area (Å²) in [4.78, 5) is 13.1. The lowest BCUT2D eigenvalue weighted by molar-refractivity contribution is 0.100. The van der Waals surface area contributed by atoms with E-state index in [0.717, 1.165) is 17.6 Å². The number of hydrogen-bond donors (Lipinski definition) is 2. The molecule has 1 atom stereocenters. The molecule has 1 aromatic heterocycles. The second-order valence-electron chi connectivity index (χ2n) is 11.8. The van der Waals surface area contributed by atoms with Crippen molar-refractivity contribution >= 4 is 11.0 Å². The van der Waals surface area contributed by atoms with E-state index in [4.69, 9.17) is 18.6 Å². The van der Waals surface area contributed by atoms with Gasteiger partial charge in [-0.2, -0.15) is 0 Å². The number of ether oxygens (including phenoxy) is 3. The first-order chi connectivity index (χ1) is 21.2. The molecule has 228 valence electrons. The highest BCUT2D eigenvalue weighted by Crippen LogP contribution is 2.32. The first-order valence-electron chi connectivity index (χ1n) is 14.8. The van der Waals surface area contributed by atoms with Gasteiger partial charge in [0.25, 0.3) is 0 Å². The maximum atomic E-state index is 13.1. The molecule has 0 fully saturated rings. The van der Waals surface area contributed by atoms with Gasteiger partial charge in [0.05, 0.1) is 5.39 Å². The third-order valence-electron chi connectivity index (χ3n) is 6.92. The first-order valence-corrected chi connectivity index (χ1v) is 14.8. The number of nitrogens with one attached hydrogen (secondary N) is 1. The maximum absolute atomic E-state index is 13.1. The highest BCUT2D eigenvalue weighted by atomic mass is 16.5. The van der Waals surface area contributed by atoms with Gasteiger partial charge in [-0.25, -0.2) is 0 Å². The van der Waals surface area contributed by atoms with Crippen molar-refractivity contribution in [3.63, 3.8) is 0 Å². The van der Waals surface area contributed by atoms with Crippen molar-refractivity contribution in [2.24, 2.45) is 0 Å². The Labute approximate surface area is 258 Å². The second-order valence-corrected chi connectivity index (χ2v) is 11.8. The quantitative estimate of drug-likeness (QED) is 0.183. The fourth-order valence-corrected chi connectivity index (χ4v) is 4.57. The number of rotatable bonds is 12. The van der Waals surface area contributed by atoms with Gasteiger partial charge in [-0.15, -0.1) is 0 Å². The average molecular weight is 594 g/mol. The van der Waals surface area contributed by atoms with Gasteiger partial charge in [-0.1, -0.05) is 60.7 Å². The Balaban J connectivity index is 1.40. The number of aliphatic hydroxyl groups is 1. The molecule has 0 saturated carbocycles. The van der Waals surface area contributed by atoms with E-state index in [0.29, 0.717) is 59.3 Å². The van der Waals surface area contributed by atoms with Crippen LogP contribution in [0.15, 0.2) is 118 Å². The molecular weight excluding hydrogens is 554 g/mol. The Morgan fingerprint density at radius 1 is 0.864 bits per heavy atom. The third kappa shape index (κ3) is 8.96. The van der Waals surface area contributed by atoms with Crippen molar-refractivity contribution in [1.29, 1.82) is 0 Å². The number of β-amino-alcohol motifs (C(OH)–C–C–N with tert-alkyl or cyclic N) is 1. The third-order valence-corrected chi connectivity index (χ3v) is 6.92. The second kappa shape index (κ2) is 14.3. The summed E-state index contributed by atoms with van der Waals surface area (Å²) < 4.78 is 24.4. The number of allylic oxidation sites excluding steroid dienone is 5. The summed E-state index contributed by atoms with van der Waals surface area (Å²) in [5.41, 5.74) is 2.91. The Kier molecular flexibility index (Phi) is 10.00. The smallest absolute Gasteiger partial charge is 0.193 e. The van der Waals surface area contributed by atoms with Crippen molar-refractivity contribution in [2.75, 3.05) is 19.8 Å². The van der Waals surface area contributed by atoms with Gasteiger partial charge in [0.15, 0.2) is 5.43 Å². The summed E-state index contributed by atoms with van der Waals surface area (Å²) in [7, 11) is 0. The van der Waals surface area contributed by atoms with E-state index in [1.165, 1.54) is 6.07 Å². The lowest BCUT2D eigenvalue weighted by atomic mass is 10.1. The number of benzene rings is 3.